The van der Waals surface area contributed by atoms with Crippen LogP contribution in [0.4, 0.5) is 0 Å². The summed E-state index contributed by atoms with van der Waals surface area (Å²) in [7, 11) is 2.07. The first-order chi connectivity index (χ1) is 8.72. The first-order valence-electron chi connectivity index (χ1n) is 6.18. The lowest BCUT2D eigenvalue weighted by molar-refractivity contribution is 0.0528. The minimum absolute atomic E-state index is 0.0355. The number of piperidine rings is 1. The number of carbonyl (C=O) groups is 1. The highest BCUT2D eigenvalue weighted by atomic mass is 16.3. The molecule has 0 bridgehead atoms. The zero-order valence-electron chi connectivity index (χ0n) is 10.5. The van der Waals surface area contributed by atoms with Gasteiger partial charge in [-0.25, -0.2) is 4.98 Å². The van der Waals surface area contributed by atoms with Crippen LogP contribution in [-0.4, -0.2) is 75.3 Å². The largest absolute Gasteiger partial charge is 0.395 e. The summed E-state index contributed by atoms with van der Waals surface area (Å²) in [5, 5.41) is 15.4. The summed E-state index contributed by atoms with van der Waals surface area (Å²) in [5.41, 5.74) is 0. The lowest BCUT2D eigenvalue weighted by Gasteiger charge is -2.36. The molecular weight excluding hydrogens is 234 g/mol. The smallest absolute Gasteiger partial charge is 0.291 e. The molecule has 2 N–H and O–H groups in total. The molecule has 0 aliphatic carbocycles. The molecule has 2 rings (SSSR count). The van der Waals surface area contributed by atoms with Gasteiger partial charge >= 0.3 is 0 Å². The lowest BCUT2D eigenvalue weighted by Crippen LogP contribution is -2.47. The van der Waals surface area contributed by atoms with Crippen LogP contribution in [0.5, 0.6) is 0 Å². The van der Waals surface area contributed by atoms with Gasteiger partial charge in [-0.3, -0.25) is 9.89 Å². The van der Waals surface area contributed by atoms with Crippen molar-refractivity contribution in [3.8, 4) is 0 Å². The van der Waals surface area contributed by atoms with E-state index in [1.54, 1.807) is 4.90 Å². The van der Waals surface area contributed by atoms with Crippen LogP contribution in [0.1, 0.15) is 23.5 Å². The molecule has 0 atom stereocenters. The Morgan fingerprint density at radius 3 is 2.89 bits per heavy atom. The Labute approximate surface area is 106 Å². The number of hydrogen-bond donors (Lipinski definition) is 2. The van der Waals surface area contributed by atoms with Gasteiger partial charge in [0.05, 0.1) is 6.61 Å². The zero-order valence-corrected chi connectivity index (χ0v) is 10.5. The number of aromatic amines is 1. The number of rotatable bonds is 4. The molecule has 1 saturated heterocycles. The number of hydrogen-bond acceptors (Lipinski definition) is 5. The average Bonchev–Trinajstić information content (AvgIpc) is 2.90. The maximum absolute atomic E-state index is 12.2. The van der Waals surface area contributed by atoms with Crippen molar-refractivity contribution in [2.24, 2.45) is 0 Å². The Balaban J connectivity index is 2.05. The first kappa shape index (κ1) is 13.0. The van der Waals surface area contributed by atoms with E-state index in [1.807, 2.05) is 0 Å². The summed E-state index contributed by atoms with van der Waals surface area (Å²) in [5.74, 6) is 0.0541. The Morgan fingerprint density at radius 2 is 2.33 bits per heavy atom. The number of H-pyrrole nitrogens is 1. The summed E-state index contributed by atoms with van der Waals surface area (Å²) in [4.78, 5) is 20.1. The number of amides is 1. The van der Waals surface area contributed by atoms with Crippen molar-refractivity contribution in [3.05, 3.63) is 12.2 Å². The molecule has 7 heteroatoms. The maximum atomic E-state index is 12.2. The standard InChI is InChI=1S/C11H19N5O2/c1-15-4-2-9(3-5-15)16(6-7-17)11(18)10-12-8-13-14-10/h8-9,17H,2-7H2,1H3,(H,12,13,14). The second-order valence-corrected chi connectivity index (χ2v) is 4.59. The number of aliphatic hydroxyl groups excluding tert-OH is 1. The summed E-state index contributed by atoms with van der Waals surface area (Å²) in [6, 6.07) is 0.172. The minimum Gasteiger partial charge on any atom is -0.395 e. The Kier molecular flexibility index (Phi) is 4.27. The summed E-state index contributed by atoms with van der Waals surface area (Å²) >= 11 is 0. The fraction of sp³-hybridized carbons (Fsp3) is 0.727. The van der Waals surface area contributed by atoms with E-state index < -0.39 is 0 Å². The van der Waals surface area contributed by atoms with Gasteiger partial charge in [0.2, 0.25) is 5.82 Å². The quantitative estimate of drug-likeness (QED) is 0.743. The molecule has 2 heterocycles. The summed E-state index contributed by atoms with van der Waals surface area (Å²) in [6.45, 7) is 2.24. The van der Waals surface area contributed by atoms with Crippen LogP contribution >= 0.6 is 0 Å². The zero-order chi connectivity index (χ0) is 13.0. The van der Waals surface area contributed by atoms with E-state index >= 15 is 0 Å². The van der Waals surface area contributed by atoms with Gasteiger partial charge in [0, 0.05) is 12.6 Å². The molecule has 1 aliphatic heterocycles. The molecule has 0 radical (unpaired) electrons. The molecule has 0 spiro atoms. The number of aromatic nitrogens is 3. The van der Waals surface area contributed by atoms with Crippen molar-refractivity contribution in [1.82, 2.24) is 25.0 Å². The Morgan fingerprint density at radius 1 is 1.61 bits per heavy atom. The van der Waals surface area contributed by atoms with E-state index in [0.29, 0.717) is 6.54 Å². The average molecular weight is 253 g/mol. The second kappa shape index (κ2) is 5.92. The third-order valence-electron chi connectivity index (χ3n) is 3.35. The number of nitrogens with zero attached hydrogens (tertiary/aromatic N) is 4. The lowest BCUT2D eigenvalue weighted by atomic mass is 10.0. The van der Waals surface area contributed by atoms with E-state index in [4.69, 9.17) is 5.11 Å². The molecule has 1 aromatic rings. The van der Waals surface area contributed by atoms with Gasteiger partial charge in [-0.15, -0.1) is 0 Å². The molecule has 1 amide bonds. The van der Waals surface area contributed by atoms with E-state index in [0.717, 1.165) is 25.9 Å². The van der Waals surface area contributed by atoms with E-state index in [2.05, 4.69) is 27.1 Å². The van der Waals surface area contributed by atoms with Gasteiger partial charge in [0.25, 0.3) is 5.91 Å². The second-order valence-electron chi connectivity index (χ2n) is 4.59. The predicted octanol–water partition coefficient (Wildman–Crippen LogP) is -0.667. The fourth-order valence-electron chi connectivity index (χ4n) is 2.31. The SMILES string of the molecule is CN1CCC(N(CCO)C(=O)c2ncn[nH]2)CC1. The van der Waals surface area contributed by atoms with Crippen LogP contribution in [-0.2, 0) is 0 Å². The van der Waals surface area contributed by atoms with Gasteiger partial charge in [-0.2, -0.15) is 5.10 Å². The van der Waals surface area contributed by atoms with Gasteiger partial charge in [-0.1, -0.05) is 0 Å². The van der Waals surface area contributed by atoms with Crippen LogP contribution in [0.3, 0.4) is 0 Å². The van der Waals surface area contributed by atoms with Crippen molar-refractivity contribution in [1.29, 1.82) is 0 Å². The first-order valence-corrected chi connectivity index (χ1v) is 6.18. The van der Waals surface area contributed by atoms with Gasteiger partial charge in [0.1, 0.15) is 6.33 Å². The molecule has 1 aromatic heterocycles. The summed E-state index contributed by atoms with van der Waals surface area (Å²) in [6.07, 6.45) is 3.17. The third kappa shape index (κ3) is 2.85. The molecule has 7 nitrogen and oxygen atoms in total. The van der Waals surface area contributed by atoms with Crippen molar-refractivity contribution in [3.63, 3.8) is 0 Å². The fourth-order valence-corrected chi connectivity index (χ4v) is 2.31. The van der Waals surface area contributed by atoms with Crippen LogP contribution < -0.4 is 0 Å². The molecule has 100 valence electrons. The minimum atomic E-state index is -0.184. The van der Waals surface area contributed by atoms with Crippen molar-refractivity contribution < 1.29 is 9.90 Å². The molecule has 18 heavy (non-hydrogen) atoms. The number of likely N-dealkylation sites (tertiary alicyclic amines) is 1. The highest BCUT2D eigenvalue weighted by molar-refractivity contribution is 5.90. The normalized spacial score (nSPS) is 17.9. The van der Waals surface area contributed by atoms with Crippen molar-refractivity contribution in [2.45, 2.75) is 18.9 Å². The summed E-state index contributed by atoms with van der Waals surface area (Å²) < 4.78 is 0. The van der Waals surface area contributed by atoms with Gasteiger partial charge in [0.15, 0.2) is 0 Å². The van der Waals surface area contributed by atoms with Crippen LogP contribution in [0.15, 0.2) is 6.33 Å². The van der Waals surface area contributed by atoms with Gasteiger partial charge in [-0.05, 0) is 33.0 Å². The van der Waals surface area contributed by atoms with Gasteiger partial charge < -0.3 is 14.9 Å². The molecule has 1 aliphatic rings. The van der Waals surface area contributed by atoms with E-state index in [-0.39, 0.29) is 24.4 Å². The molecule has 0 saturated carbocycles. The molecule has 0 unspecified atom stereocenters. The van der Waals surface area contributed by atoms with E-state index in [1.165, 1.54) is 6.33 Å². The Bertz CT molecular complexity index is 373. The topological polar surface area (TPSA) is 85.3 Å². The molecule has 0 aromatic carbocycles. The van der Waals surface area contributed by atoms with E-state index in [9.17, 15) is 4.79 Å². The highest BCUT2D eigenvalue weighted by Gasteiger charge is 2.28. The third-order valence-corrected chi connectivity index (χ3v) is 3.35. The molecule has 1 fully saturated rings. The Hall–Kier alpha value is -1.47. The van der Waals surface area contributed by atoms with Crippen LogP contribution in [0.25, 0.3) is 0 Å². The maximum Gasteiger partial charge on any atom is 0.291 e. The predicted molar refractivity (Wildman–Crippen MR) is 65.0 cm³/mol. The van der Waals surface area contributed by atoms with Crippen molar-refractivity contribution in [2.75, 3.05) is 33.3 Å². The number of aliphatic hydroxyl groups is 1. The number of nitrogens with one attached hydrogen (secondary N) is 1. The monoisotopic (exact) mass is 253 g/mol. The highest BCUT2D eigenvalue weighted by Crippen LogP contribution is 2.16. The number of carbonyl (C=O) groups excluding carboxylic acids is 1. The van der Waals surface area contributed by atoms with Crippen molar-refractivity contribution >= 4 is 5.91 Å². The van der Waals surface area contributed by atoms with Crippen LogP contribution in [0.2, 0.25) is 0 Å². The molecular formula is C11H19N5O2. The van der Waals surface area contributed by atoms with Crippen LogP contribution in [0, 0.1) is 0 Å².